The maximum atomic E-state index is 13.1. The second kappa shape index (κ2) is 7.60. The number of nitrogens with one attached hydrogen (secondary N) is 1. The first kappa shape index (κ1) is 21.2. The van der Waals surface area contributed by atoms with E-state index in [0.29, 0.717) is 33.0 Å². The molecule has 2 N–H and O–H groups in total. The molecule has 2 aromatic heterocycles. The van der Waals surface area contributed by atoms with E-state index < -0.39 is 15.6 Å². The predicted octanol–water partition coefficient (Wildman–Crippen LogP) is 3.81. The molecule has 0 radical (unpaired) electrons. The van der Waals surface area contributed by atoms with Gasteiger partial charge in [-0.3, -0.25) is 4.72 Å². The number of fused-ring (bicyclic) bond motifs is 1. The van der Waals surface area contributed by atoms with Gasteiger partial charge in [0, 0.05) is 11.2 Å². The average Bonchev–Trinajstić information content (AvgIpc) is 3.12. The molecule has 0 amide bonds. The van der Waals surface area contributed by atoms with Gasteiger partial charge in [-0.05, 0) is 74.4 Å². The van der Waals surface area contributed by atoms with Crippen LogP contribution < -0.4 is 4.72 Å². The Morgan fingerprint density at radius 2 is 1.90 bits per heavy atom. The van der Waals surface area contributed by atoms with Crippen molar-refractivity contribution in [3.63, 3.8) is 0 Å². The highest BCUT2D eigenvalue weighted by atomic mass is 35.5. The molecule has 160 valence electrons. The largest absolute Gasteiger partial charge is 0.386 e. The van der Waals surface area contributed by atoms with Crippen molar-refractivity contribution in [2.75, 3.05) is 4.72 Å². The van der Waals surface area contributed by atoms with Crippen LogP contribution in [0.3, 0.4) is 0 Å². The molecule has 2 heterocycles. The minimum Gasteiger partial charge on any atom is -0.386 e. The van der Waals surface area contributed by atoms with Gasteiger partial charge in [0.1, 0.15) is 5.52 Å². The van der Waals surface area contributed by atoms with Gasteiger partial charge in [0.2, 0.25) is 5.65 Å². The normalized spacial score (nSPS) is 12.3. The highest BCUT2D eigenvalue weighted by Crippen LogP contribution is 2.30. The molecule has 0 spiro atoms. The topological polar surface area (TPSA) is 110 Å². The first-order valence-electron chi connectivity index (χ1n) is 9.39. The molecule has 0 aliphatic carbocycles. The number of aliphatic hydroxyl groups is 1. The molecule has 0 aliphatic rings. The molecule has 0 fully saturated rings. The number of hydrogen-bond acceptors (Lipinski definition) is 6. The Labute approximate surface area is 184 Å². The Morgan fingerprint density at radius 3 is 2.61 bits per heavy atom. The molecule has 0 bridgehead atoms. The maximum absolute atomic E-state index is 13.1. The zero-order valence-corrected chi connectivity index (χ0v) is 18.6. The van der Waals surface area contributed by atoms with Gasteiger partial charge in [0.05, 0.1) is 21.9 Å². The molecule has 0 atom stereocenters. The lowest BCUT2D eigenvalue weighted by Gasteiger charge is -2.21. The zero-order valence-electron chi connectivity index (χ0n) is 17.0. The molecule has 31 heavy (non-hydrogen) atoms. The lowest BCUT2D eigenvalue weighted by Crippen LogP contribution is -2.19. The fourth-order valence-corrected chi connectivity index (χ4v) is 4.73. The summed E-state index contributed by atoms with van der Waals surface area (Å²) in [6.07, 6.45) is 1.60. The van der Waals surface area contributed by atoms with Crippen LogP contribution in [0, 0.1) is 6.92 Å². The number of rotatable bonds is 5. The Morgan fingerprint density at radius 1 is 1.13 bits per heavy atom. The summed E-state index contributed by atoms with van der Waals surface area (Å²) in [6, 6.07) is 12.9. The first-order chi connectivity index (χ1) is 14.6. The quantitative estimate of drug-likeness (QED) is 0.471. The Kier molecular flexibility index (Phi) is 5.20. The zero-order chi connectivity index (χ0) is 22.4. The highest BCUT2D eigenvalue weighted by Gasteiger charge is 2.23. The van der Waals surface area contributed by atoms with Gasteiger partial charge in [0.25, 0.3) is 10.0 Å². The third kappa shape index (κ3) is 4.12. The Hall–Kier alpha value is -3.01. The molecule has 4 aromatic rings. The highest BCUT2D eigenvalue weighted by molar-refractivity contribution is 7.92. The number of nitrogens with zero attached hydrogens (tertiary/aromatic N) is 4. The van der Waals surface area contributed by atoms with Crippen molar-refractivity contribution < 1.29 is 13.5 Å². The number of aryl methyl sites for hydroxylation is 1. The van der Waals surface area contributed by atoms with Gasteiger partial charge in [0.15, 0.2) is 0 Å². The van der Waals surface area contributed by atoms with Crippen LogP contribution in [0.4, 0.5) is 5.69 Å². The lowest BCUT2D eigenvalue weighted by molar-refractivity contribution is 0.0778. The Bertz CT molecular complexity index is 1390. The molecule has 0 saturated heterocycles. The van der Waals surface area contributed by atoms with Gasteiger partial charge in [-0.1, -0.05) is 22.9 Å². The summed E-state index contributed by atoms with van der Waals surface area (Å²) in [4.78, 5) is 4.23. The first-order valence-corrected chi connectivity index (χ1v) is 11.2. The van der Waals surface area contributed by atoms with E-state index in [9.17, 15) is 13.5 Å². The van der Waals surface area contributed by atoms with E-state index in [1.54, 1.807) is 63.4 Å². The number of hydrogen-bond donors (Lipinski definition) is 2. The molecule has 0 saturated carbocycles. The predicted molar refractivity (Wildman–Crippen MR) is 119 cm³/mol. The number of aromatic nitrogens is 4. The SMILES string of the molecule is Cc1cc(S(=O)(=O)Nc2ccc(Cl)cc2-n2nnc3ncccc32)ccc1C(C)(C)O. The third-order valence-electron chi connectivity index (χ3n) is 4.82. The average molecular weight is 458 g/mol. The van der Waals surface area contributed by atoms with Crippen LogP contribution in [-0.2, 0) is 15.6 Å². The second-order valence-electron chi connectivity index (χ2n) is 7.65. The van der Waals surface area contributed by atoms with E-state index in [1.165, 1.54) is 16.8 Å². The Balaban J connectivity index is 1.77. The van der Waals surface area contributed by atoms with Crippen molar-refractivity contribution in [1.82, 2.24) is 20.0 Å². The van der Waals surface area contributed by atoms with Gasteiger partial charge in [-0.15, -0.1) is 5.10 Å². The summed E-state index contributed by atoms with van der Waals surface area (Å²) in [5, 5.41) is 18.8. The summed E-state index contributed by atoms with van der Waals surface area (Å²) in [5.74, 6) is 0. The van der Waals surface area contributed by atoms with Crippen LogP contribution in [0.15, 0.2) is 59.6 Å². The number of sulfonamides is 1. The standard InChI is InChI=1S/C21H20ClN5O3S/c1-13-11-15(7-8-16(13)21(2,3)28)31(29,30)25-17-9-6-14(22)12-19(17)27-18-5-4-10-23-20(18)24-26-27/h4-12,25,28H,1-3H3. The minimum atomic E-state index is -3.93. The van der Waals surface area contributed by atoms with Crippen molar-refractivity contribution in [2.24, 2.45) is 0 Å². The number of pyridine rings is 1. The molecule has 10 heteroatoms. The molecule has 8 nitrogen and oxygen atoms in total. The van der Waals surface area contributed by atoms with Crippen LogP contribution in [0.1, 0.15) is 25.0 Å². The van der Waals surface area contributed by atoms with Crippen molar-refractivity contribution in [1.29, 1.82) is 0 Å². The molecule has 4 rings (SSSR count). The lowest BCUT2D eigenvalue weighted by atomic mass is 9.94. The van der Waals surface area contributed by atoms with Crippen molar-refractivity contribution in [3.05, 3.63) is 70.9 Å². The van der Waals surface area contributed by atoms with Gasteiger partial charge >= 0.3 is 0 Å². The van der Waals surface area contributed by atoms with E-state index in [2.05, 4.69) is 20.0 Å². The number of halogens is 1. The van der Waals surface area contributed by atoms with Gasteiger partial charge in [-0.2, -0.15) is 0 Å². The van der Waals surface area contributed by atoms with Crippen LogP contribution in [0.5, 0.6) is 0 Å². The number of benzene rings is 2. The molecule has 0 unspecified atom stereocenters. The van der Waals surface area contributed by atoms with Crippen LogP contribution >= 0.6 is 11.6 Å². The van der Waals surface area contributed by atoms with Gasteiger partial charge < -0.3 is 5.11 Å². The van der Waals surface area contributed by atoms with Gasteiger partial charge in [-0.25, -0.2) is 18.1 Å². The van der Waals surface area contributed by atoms with Crippen LogP contribution in [0.2, 0.25) is 5.02 Å². The van der Waals surface area contributed by atoms with E-state index in [4.69, 9.17) is 11.6 Å². The molecule has 2 aromatic carbocycles. The van der Waals surface area contributed by atoms with Crippen molar-refractivity contribution in [3.8, 4) is 5.69 Å². The van der Waals surface area contributed by atoms with E-state index >= 15 is 0 Å². The third-order valence-corrected chi connectivity index (χ3v) is 6.42. The van der Waals surface area contributed by atoms with Crippen LogP contribution in [0.25, 0.3) is 16.9 Å². The van der Waals surface area contributed by atoms with Crippen molar-refractivity contribution in [2.45, 2.75) is 31.3 Å². The second-order valence-corrected chi connectivity index (χ2v) is 9.77. The van der Waals surface area contributed by atoms with E-state index in [-0.39, 0.29) is 10.6 Å². The number of anilines is 1. The monoisotopic (exact) mass is 457 g/mol. The molecular weight excluding hydrogens is 438 g/mol. The summed E-state index contributed by atoms with van der Waals surface area (Å²) >= 11 is 6.18. The molecular formula is C21H20ClN5O3S. The summed E-state index contributed by atoms with van der Waals surface area (Å²) in [6.45, 7) is 5.06. The minimum absolute atomic E-state index is 0.0732. The van der Waals surface area contributed by atoms with Crippen molar-refractivity contribution >= 4 is 38.5 Å². The maximum Gasteiger partial charge on any atom is 0.261 e. The molecule has 0 aliphatic heterocycles. The van der Waals surface area contributed by atoms with E-state index in [1.807, 2.05) is 0 Å². The smallest absolute Gasteiger partial charge is 0.261 e. The fraction of sp³-hybridized carbons (Fsp3) is 0.190. The summed E-state index contributed by atoms with van der Waals surface area (Å²) < 4.78 is 30.3. The van der Waals surface area contributed by atoms with E-state index in [0.717, 1.165) is 0 Å². The fourth-order valence-electron chi connectivity index (χ4n) is 3.40. The summed E-state index contributed by atoms with van der Waals surface area (Å²) in [7, 11) is -3.93. The van der Waals surface area contributed by atoms with Crippen LogP contribution in [-0.4, -0.2) is 33.5 Å². The summed E-state index contributed by atoms with van der Waals surface area (Å²) in [5.41, 5.74) is 1.97.